The Labute approximate surface area is 176 Å². The van der Waals surface area contributed by atoms with Crippen LogP contribution < -0.4 is 9.57 Å². The SMILES string of the molecule is C/C(=N/Oc1ncnc(OC2CCN(C(=O)O)CC2)c1C)c1ccc(C(F)(F)F)cc1. The number of aromatic nitrogens is 2. The fourth-order valence-corrected chi connectivity index (χ4v) is 3.02. The van der Waals surface area contributed by atoms with Crippen molar-refractivity contribution in [1.82, 2.24) is 14.9 Å². The van der Waals surface area contributed by atoms with Crippen molar-refractivity contribution in [1.29, 1.82) is 0 Å². The number of hydrogen-bond donors (Lipinski definition) is 1. The number of likely N-dealkylation sites (tertiary alicyclic amines) is 1. The maximum absolute atomic E-state index is 12.7. The predicted molar refractivity (Wildman–Crippen MR) is 104 cm³/mol. The fourth-order valence-electron chi connectivity index (χ4n) is 3.02. The van der Waals surface area contributed by atoms with E-state index in [0.717, 1.165) is 12.1 Å². The number of halogens is 3. The minimum Gasteiger partial charge on any atom is -0.474 e. The molecule has 1 amide bonds. The van der Waals surface area contributed by atoms with Crippen LogP contribution in [-0.2, 0) is 6.18 Å². The van der Waals surface area contributed by atoms with Gasteiger partial charge in [-0.3, -0.25) is 0 Å². The lowest BCUT2D eigenvalue weighted by Gasteiger charge is -2.30. The number of carbonyl (C=O) groups is 1. The molecule has 166 valence electrons. The number of alkyl halides is 3. The van der Waals surface area contributed by atoms with Crippen molar-refractivity contribution in [2.24, 2.45) is 5.16 Å². The highest BCUT2D eigenvalue weighted by Crippen LogP contribution is 2.29. The van der Waals surface area contributed by atoms with Gasteiger partial charge < -0.3 is 19.6 Å². The first-order valence-electron chi connectivity index (χ1n) is 9.50. The molecule has 2 heterocycles. The van der Waals surface area contributed by atoms with Crippen LogP contribution in [0.15, 0.2) is 35.7 Å². The molecule has 1 saturated heterocycles. The lowest BCUT2D eigenvalue weighted by molar-refractivity contribution is -0.137. The van der Waals surface area contributed by atoms with Gasteiger partial charge in [-0.15, -0.1) is 0 Å². The average Bonchev–Trinajstić information content (AvgIpc) is 2.74. The van der Waals surface area contributed by atoms with Gasteiger partial charge in [0, 0.05) is 25.9 Å². The minimum atomic E-state index is -4.40. The quantitative estimate of drug-likeness (QED) is 0.557. The largest absolute Gasteiger partial charge is 0.474 e. The van der Waals surface area contributed by atoms with E-state index in [4.69, 9.17) is 14.7 Å². The molecule has 2 aromatic rings. The summed E-state index contributed by atoms with van der Waals surface area (Å²) in [5, 5.41) is 13.0. The molecule has 1 aromatic heterocycles. The zero-order valence-electron chi connectivity index (χ0n) is 16.9. The molecule has 0 aliphatic carbocycles. The van der Waals surface area contributed by atoms with Gasteiger partial charge in [0.15, 0.2) is 0 Å². The average molecular weight is 438 g/mol. The van der Waals surface area contributed by atoms with Gasteiger partial charge in [0.2, 0.25) is 5.88 Å². The molecular formula is C20H21F3N4O4. The predicted octanol–water partition coefficient (Wildman–Crippen LogP) is 4.13. The number of carboxylic acid groups (broad SMARTS) is 1. The summed E-state index contributed by atoms with van der Waals surface area (Å²) < 4.78 is 43.9. The molecule has 1 fully saturated rings. The molecule has 8 nitrogen and oxygen atoms in total. The Hall–Kier alpha value is -3.37. The molecule has 31 heavy (non-hydrogen) atoms. The highest BCUT2D eigenvalue weighted by Gasteiger charge is 2.30. The Morgan fingerprint density at radius 1 is 1.16 bits per heavy atom. The number of ether oxygens (including phenoxy) is 1. The van der Waals surface area contributed by atoms with E-state index in [0.29, 0.717) is 48.6 Å². The topological polar surface area (TPSA) is 97.1 Å². The lowest BCUT2D eigenvalue weighted by Crippen LogP contribution is -2.41. The first-order valence-corrected chi connectivity index (χ1v) is 9.50. The number of piperidine rings is 1. The van der Waals surface area contributed by atoms with Gasteiger partial charge in [-0.05, 0) is 31.5 Å². The second-order valence-electron chi connectivity index (χ2n) is 7.04. The third-order valence-electron chi connectivity index (χ3n) is 4.88. The fraction of sp³-hybridized carbons (Fsp3) is 0.400. The molecular weight excluding hydrogens is 417 g/mol. The normalized spacial score (nSPS) is 15.6. The molecule has 0 bridgehead atoms. The molecule has 1 aliphatic rings. The molecule has 11 heteroatoms. The maximum atomic E-state index is 12.7. The Kier molecular flexibility index (Phi) is 6.62. The van der Waals surface area contributed by atoms with Crippen LogP contribution >= 0.6 is 0 Å². The lowest BCUT2D eigenvalue weighted by atomic mass is 10.1. The minimum absolute atomic E-state index is 0.152. The maximum Gasteiger partial charge on any atom is 0.416 e. The summed E-state index contributed by atoms with van der Waals surface area (Å²) in [4.78, 5) is 25.8. The van der Waals surface area contributed by atoms with E-state index < -0.39 is 17.8 Å². The second-order valence-corrected chi connectivity index (χ2v) is 7.04. The zero-order chi connectivity index (χ0) is 22.6. The van der Waals surface area contributed by atoms with Crippen molar-refractivity contribution < 1.29 is 32.6 Å². The monoisotopic (exact) mass is 438 g/mol. The van der Waals surface area contributed by atoms with Gasteiger partial charge >= 0.3 is 12.3 Å². The summed E-state index contributed by atoms with van der Waals surface area (Å²) in [6, 6.07) is 4.59. The third kappa shape index (κ3) is 5.62. The van der Waals surface area contributed by atoms with E-state index >= 15 is 0 Å². The highest BCUT2D eigenvalue weighted by atomic mass is 19.4. The molecule has 1 aliphatic heterocycles. The Morgan fingerprint density at radius 2 is 1.77 bits per heavy atom. The van der Waals surface area contributed by atoms with Crippen LogP contribution in [0, 0.1) is 6.92 Å². The number of rotatable bonds is 5. The zero-order valence-corrected chi connectivity index (χ0v) is 16.9. The number of amides is 1. The van der Waals surface area contributed by atoms with Gasteiger partial charge in [-0.25, -0.2) is 9.78 Å². The van der Waals surface area contributed by atoms with Crippen molar-refractivity contribution in [2.45, 2.75) is 39.0 Å². The van der Waals surface area contributed by atoms with Crippen LogP contribution in [0.25, 0.3) is 0 Å². The van der Waals surface area contributed by atoms with Crippen molar-refractivity contribution in [2.75, 3.05) is 13.1 Å². The Bertz CT molecular complexity index is 956. The van der Waals surface area contributed by atoms with Gasteiger partial charge in [-0.1, -0.05) is 17.3 Å². The van der Waals surface area contributed by atoms with Gasteiger partial charge in [0.25, 0.3) is 5.88 Å². The molecule has 0 spiro atoms. The van der Waals surface area contributed by atoms with E-state index in [1.54, 1.807) is 13.8 Å². The molecule has 0 unspecified atom stereocenters. The van der Waals surface area contributed by atoms with Crippen LogP contribution in [0.2, 0.25) is 0 Å². The Morgan fingerprint density at radius 3 is 2.35 bits per heavy atom. The standard InChI is InChI=1S/C20H21F3N4O4/c1-12-17(30-16-7-9-27(10-8-16)19(28)29)24-11-25-18(12)31-26-13(2)14-3-5-15(6-4-14)20(21,22)23/h3-6,11,16H,7-10H2,1-2H3,(H,28,29)/b26-13-. The molecule has 3 rings (SSSR count). The summed E-state index contributed by atoms with van der Waals surface area (Å²) in [7, 11) is 0. The first kappa shape index (κ1) is 22.3. The molecule has 1 N–H and O–H groups in total. The van der Waals surface area contributed by atoms with E-state index in [2.05, 4.69) is 15.1 Å². The van der Waals surface area contributed by atoms with E-state index in [1.807, 2.05) is 0 Å². The van der Waals surface area contributed by atoms with Crippen LogP contribution in [0.5, 0.6) is 11.8 Å². The van der Waals surface area contributed by atoms with Gasteiger partial charge in [0.1, 0.15) is 12.4 Å². The van der Waals surface area contributed by atoms with E-state index in [1.165, 1.54) is 23.4 Å². The van der Waals surface area contributed by atoms with Crippen molar-refractivity contribution >= 4 is 11.8 Å². The number of hydrogen-bond acceptors (Lipinski definition) is 6. The number of nitrogens with zero attached hydrogens (tertiary/aromatic N) is 4. The van der Waals surface area contributed by atoms with Crippen LogP contribution in [0.3, 0.4) is 0 Å². The van der Waals surface area contributed by atoms with Crippen molar-refractivity contribution in [3.63, 3.8) is 0 Å². The third-order valence-corrected chi connectivity index (χ3v) is 4.88. The molecule has 0 atom stereocenters. The van der Waals surface area contributed by atoms with Crippen LogP contribution in [0.4, 0.5) is 18.0 Å². The Balaban J connectivity index is 1.65. The summed E-state index contributed by atoms with van der Waals surface area (Å²) in [5.41, 5.74) is 0.608. The van der Waals surface area contributed by atoms with Crippen molar-refractivity contribution in [3.8, 4) is 11.8 Å². The van der Waals surface area contributed by atoms with Gasteiger partial charge in [0.05, 0.1) is 16.8 Å². The summed E-state index contributed by atoms with van der Waals surface area (Å²) >= 11 is 0. The first-order chi connectivity index (χ1) is 14.6. The van der Waals surface area contributed by atoms with E-state index in [9.17, 15) is 18.0 Å². The number of oxime groups is 1. The van der Waals surface area contributed by atoms with E-state index in [-0.39, 0.29) is 12.0 Å². The molecule has 0 radical (unpaired) electrons. The van der Waals surface area contributed by atoms with Crippen molar-refractivity contribution in [3.05, 3.63) is 47.3 Å². The smallest absolute Gasteiger partial charge is 0.416 e. The number of benzene rings is 1. The summed E-state index contributed by atoms with van der Waals surface area (Å²) in [6.07, 6.45) is -3.21. The van der Waals surface area contributed by atoms with Gasteiger partial charge in [-0.2, -0.15) is 18.2 Å². The molecule has 1 aromatic carbocycles. The van der Waals surface area contributed by atoms with Crippen LogP contribution in [0.1, 0.15) is 36.5 Å². The molecule has 0 saturated carbocycles. The highest BCUT2D eigenvalue weighted by molar-refractivity contribution is 5.98. The van der Waals surface area contributed by atoms with Crippen LogP contribution in [-0.4, -0.2) is 51.0 Å². The summed E-state index contributed by atoms with van der Waals surface area (Å²) in [6.45, 7) is 4.06. The summed E-state index contributed by atoms with van der Waals surface area (Å²) in [5.74, 6) is 0.459. The second kappa shape index (κ2) is 9.19.